The summed E-state index contributed by atoms with van der Waals surface area (Å²) in [6, 6.07) is 8.38. The average molecular weight is 482 g/mol. The Morgan fingerprint density at radius 3 is 2.70 bits per heavy atom. The van der Waals surface area contributed by atoms with Gasteiger partial charge in [-0.15, -0.1) is 24.0 Å². The fraction of sp³-hybridized carbons (Fsp3) is 0.429. The van der Waals surface area contributed by atoms with Crippen LogP contribution in [0.3, 0.4) is 0 Å². The van der Waals surface area contributed by atoms with Crippen LogP contribution in [0.4, 0.5) is 0 Å². The van der Waals surface area contributed by atoms with E-state index in [0.29, 0.717) is 0 Å². The Bertz CT molecular complexity index is 749. The summed E-state index contributed by atoms with van der Waals surface area (Å²) >= 11 is 0. The quantitative estimate of drug-likeness (QED) is 0.353. The van der Waals surface area contributed by atoms with Crippen LogP contribution in [0.15, 0.2) is 41.7 Å². The van der Waals surface area contributed by atoms with Gasteiger partial charge in [-0.3, -0.25) is 9.98 Å². The van der Waals surface area contributed by atoms with E-state index in [-0.39, 0.29) is 30.0 Å². The molecule has 1 unspecified atom stereocenters. The summed E-state index contributed by atoms with van der Waals surface area (Å²) < 4.78 is 5.51. The number of nitrogens with zero attached hydrogens (tertiary/aromatic N) is 2. The number of hydrogen-bond donors (Lipinski definition) is 2. The van der Waals surface area contributed by atoms with Crippen molar-refractivity contribution in [3.05, 3.63) is 58.9 Å². The molecule has 1 aromatic carbocycles. The van der Waals surface area contributed by atoms with Gasteiger partial charge < -0.3 is 15.4 Å². The van der Waals surface area contributed by atoms with Crippen molar-refractivity contribution in [3.8, 4) is 5.75 Å². The van der Waals surface area contributed by atoms with Crippen molar-refractivity contribution >= 4 is 29.9 Å². The lowest BCUT2D eigenvalue weighted by atomic mass is 10.0. The highest BCUT2D eigenvalue weighted by atomic mass is 127. The van der Waals surface area contributed by atoms with E-state index in [2.05, 4.69) is 61.5 Å². The summed E-state index contributed by atoms with van der Waals surface area (Å²) in [7, 11) is 1.71. The normalized spacial score (nSPS) is 12.1. The Labute approximate surface area is 180 Å². The first-order valence-electron chi connectivity index (χ1n) is 9.14. The lowest BCUT2D eigenvalue weighted by molar-refractivity contribution is 0.405. The number of benzene rings is 1. The van der Waals surface area contributed by atoms with E-state index in [9.17, 15) is 0 Å². The summed E-state index contributed by atoms with van der Waals surface area (Å²) in [5.74, 6) is 1.70. The van der Waals surface area contributed by atoms with Crippen molar-refractivity contribution in [3.63, 3.8) is 0 Å². The molecule has 1 aromatic heterocycles. The van der Waals surface area contributed by atoms with E-state index >= 15 is 0 Å². The smallest absolute Gasteiger partial charge is 0.191 e. The van der Waals surface area contributed by atoms with Crippen molar-refractivity contribution in [2.45, 2.75) is 40.2 Å². The molecule has 5 nitrogen and oxygen atoms in total. The topological polar surface area (TPSA) is 58.5 Å². The minimum Gasteiger partial charge on any atom is -0.496 e. The van der Waals surface area contributed by atoms with E-state index < -0.39 is 0 Å². The molecular formula is C21H31IN4O. The summed E-state index contributed by atoms with van der Waals surface area (Å²) in [4.78, 5) is 8.87. The number of hydrogen-bond acceptors (Lipinski definition) is 3. The largest absolute Gasteiger partial charge is 0.496 e. The van der Waals surface area contributed by atoms with Gasteiger partial charge in [0, 0.05) is 31.0 Å². The van der Waals surface area contributed by atoms with Crippen LogP contribution in [-0.2, 0) is 6.42 Å². The summed E-state index contributed by atoms with van der Waals surface area (Å²) in [6.07, 6.45) is 4.63. The van der Waals surface area contributed by atoms with Gasteiger partial charge in [0.25, 0.3) is 0 Å². The Morgan fingerprint density at radius 2 is 2.04 bits per heavy atom. The zero-order chi connectivity index (χ0) is 18.9. The predicted molar refractivity (Wildman–Crippen MR) is 123 cm³/mol. The maximum absolute atomic E-state index is 5.51. The Hall–Kier alpha value is -1.83. The first kappa shape index (κ1) is 23.2. The molecule has 0 amide bonds. The van der Waals surface area contributed by atoms with E-state index in [1.54, 1.807) is 7.11 Å². The van der Waals surface area contributed by atoms with Gasteiger partial charge in [-0.25, -0.2) is 0 Å². The molecule has 0 aliphatic heterocycles. The summed E-state index contributed by atoms with van der Waals surface area (Å²) in [6.45, 7) is 9.91. The summed E-state index contributed by atoms with van der Waals surface area (Å²) in [5.41, 5.74) is 4.83. The van der Waals surface area contributed by atoms with Crippen LogP contribution >= 0.6 is 24.0 Å². The van der Waals surface area contributed by atoms with Gasteiger partial charge in [0.2, 0.25) is 0 Å². The van der Waals surface area contributed by atoms with Crippen LogP contribution < -0.4 is 15.4 Å². The lowest BCUT2D eigenvalue weighted by Gasteiger charge is -2.20. The Balaban J connectivity index is 0.00000364. The van der Waals surface area contributed by atoms with Gasteiger partial charge in [0.05, 0.1) is 13.2 Å². The molecule has 2 N–H and O–H groups in total. The zero-order valence-electron chi connectivity index (χ0n) is 16.9. The molecule has 0 saturated heterocycles. The van der Waals surface area contributed by atoms with Crippen LogP contribution in [0.2, 0.25) is 0 Å². The Morgan fingerprint density at radius 1 is 1.26 bits per heavy atom. The van der Waals surface area contributed by atoms with Gasteiger partial charge in [-0.1, -0.05) is 17.7 Å². The van der Waals surface area contributed by atoms with E-state index in [4.69, 9.17) is 9.73 Å². The molecule has 1 heterocycles. The van der Waals surface area contributed by atoms with Gasteiger partial charge >= 0.3 is 0 Å². The molecule has 6 heteroatoms. The number of aromatic nitrogens is 1. The average Bonchev–Trinajstić information content (AvgIpc) is 2.63. The maximum atomic E-state index is 5.51. The predicted octanol–water partition coefficient (Wildman–Crippen LogP) is 4.18. The molecule has 1 atom stereocenters. The van der Waals surface area contributed by atoms with Gasteiger partial charge in [-0.2, -0.15) is 0 Å². The number of methoxy groups -OCH3 is 1. The zero-order valence-corrected chi connectivity index (χ0v) is 19.2. The van der Waals surface area contributed by atoms with Crippen molar-refractivity contribution < 1.29 is 4.74 Å². The number of halogens is 1. The molecule has 2 rings (SSSR count). The molecule has 0 fully saturated rings. The molecule has 0 saturated carbocycles. The van der Waals surface area contributed by atoms with Crippen molar-refractivity contribution in [2.75, 3.05) is 20.2 Å². The van der Waals surface area contributed by atoms with Gasteiger partial charge in [0.15, 0.2) is 5.96 Å². The van der Waals surface area contributed by atoms with Crippen molar-refractivity contribution in [1.82, 2.24) is 15.6 Å². The number of guanidine groups is 1. The molecule has 148 valence electrons. The maximum Gasteiger partial charge on any atom is 0.191 e. The second-order valence-electron chi connectivity index (χ2n) is 6.42. The van der Waals surface area contributed by atoms with E-state index in [1.807, 2.05) is 18.5 Å². The fourth-order valence-electron chi connectivity index (χ4n) is 2.87. The van der Waals surface area contributed by atoms with E-state index in [0.717, 1.165) is 36.8 Å². The number of pyridine rings is 1. The second kappa shape index (κ2) is 11.8. The molecular weight excluding hydrogens is 451 g/mol. The highest BCUT2D eigenvalue weighted by Gasteiger charge is 2.13. The lowest BCUT2D eigenvalue weighted by Crippen LogP contribution is -2.39. The molecule has 2 aromatic rings. The molecule has 0 aliphatic carbocycles. The van der Waals surface area contributed by atoms with Gasteiger partial charge in [-0.05, 0) is 57.4 Å². The van der Waals surface area contributed by atoms with Crippen LogP contribution in [0.25, 0.3) is 0 Å². The number of nitrogens with one attached hydrogen (secondary N) is 2. The van der Waals surface area contributed by atoms with Crippen LogP contribution in [-0.4, -0.2) is 31.1 Å². The third-order valence-electron chi connectivity index (χ3n) is 4.34. The van der Waals surface area contributed by atoms with Gasteiger partial charge in [0.1, 0.15) is 5.75 Å². The molecule has 0 radical (unpaired) electrons. The van der Waals surface area contributed by atoms with Crippen molar-refractivity contribution in [2.24, 2.45) is 4.99 Å². The first-order valence-corrected chi connectivity index (χ1v) is 9.14. The summed E-state index contributed by atoms with van der Waals surface area (Å²) in [5, 5.41) is 6.81. The number of aryl methyl sites for hydroxylation is 2. The van der Waals surface area contributed by atoms with Crippen LogP contribution in [0, 0.1) is 13.8 Å². The molecule has 0 spiro atoms. The third-order valence-corrected chi connectivity index (χ3v) is 4.34. The molecule has 27 heavy (non-hydrogen) atoms. The SMILES string of the molecule is CCNC(=NCCc1ccncc1C)NC(C)c1cc(C)ccc1OC.I. The van der Waals surface area contributed by atoms with Crippen LogP contribution in [0.1, 0.15) is 42.1 Å². The molecule has 0 aliphatic rings. The van der Waals surface area contributed by atoms with E-state index in [1.165, 1.54) is 16.7 Å². The fourth-order valence-corrected chi connectivity index (χ4v) is 2.87. The first-order chi connectivity index (χ1) is 12.5. The molecule has 0 bridgehead atoms. The Kier molecular flexibility index (Phi) is 10.1. The van der Waals surface area contributed by atoms with Crippen molar-refractivity contribution in [1.29, 1.82) is 0 Å². The monoisotopic (exact) mass is 482 g/mol. The number of aliphatic imine (C=N–C) groups is 1. The minimum atomic E-state index is 0. The number of rotatable bonds is 7. The standard InChI is InChI=1S/C21H30N4O.HI/c1-6-23-21(24-12-10-18-9-11-22-14-16(18)3)25-17(4)19-13-15(2)7-8-20(19)26-5;/h7-9,11,13-14,17H,6,10,12H2,1-5H3,(H2,23,24,25);1H. The minimum absolute atomic E-state index is 0. The number of ether oxygens (including phenoxy) is 1. The van der Waals surface area contributed by atoms with Crippen LogP contribution in [0.5, 0.6) is 5.75 Å². The third kappa shape index (κ3) is 7.01. The highest BCUT2D eigenvalue weighted by molar-refractivity contribution is 14.0. The second-order valence-corrected chi connectivity index (χ2v) is 6.42. The highest BCUT2D eigenvalue weighted by Crippen LogP contribution is 2.25.